The van der Waals surface area contributed by atoms with Gasteiger partial charge in [-0.1, -0.05) is 23.9 Å². The molecular formula is C16H12F3N3OS. The van der Waals surface area contributed by atoms with Crippen molar-refractivity contribution < 1.29 is 18.0 Å². The lowest BCUT2D eigenvalue weighted by Crippen LogP contribution is -2.24. The number of aromatic nitrogens is 1. The highest BCUT2D eigenvalue weighted by atomic mass is 32.2. The van der Waals surface area contributed by atoms with Crippen molar-refractivity contribution in [2.75, 3.05) is 5.32 Å². The summed E-state index contributed by atoms with van der Waals surface area (Å²) < 4.78 is 38.8. The third kappa shape index (κ3) is 4.49. The van der Waals surface area contributed by atoms with Crippen LogP contribution in [0.5, 0.6) is 0 Å². The molecule has 1 atom stereocenters. The first kappa shape index (κ1) is 17.8. The van der Waals surface area contributed by atoms with Crippen LogP contribution in [0.4, 0.5) is 18.9 Å². The van der Waals surface area contributed by atoms with Crippen LogP contribution in [-0.2, 0) is 11.0 Å². The Morgan fingerprint density at radius 3 is 2.71 bits per heavy atom. The third-order valence-corrected chi connectivity index (χ3v) is 4.05. The summed E-state index contributed by atoms with van der Waals surface area (Å²) >= 11 is 1.06. The van der Waals surface area contributed by atoms with E-state index in [0.717, 1.165) is 17.8 Å². The van der Waals surface area contributed by atoms with Gasteiger partial charge in [-0.05, 0) is 31.2 Å². The van der Waals surface area contributed by atoms with E-state index in [1.807, 2.05) is 6.07 Å². The van der Waals surface area contributed by atoms with Crippen molar-refractivity contribution in [3.8, 4) is 6.07 Å². The highest BCUT2D eigenvalue weighted by molar-refractivity contribution is 8.00. The summed E-state index contributed by atoms with van der Waals surface area (Å²) in [4.78, 5) is 16.2. The predicted molar refractivity (Wildman–Crippen MR) is 84.3 cm³/mol. The molecule has 0 spiro atoms. The zero-order valence-corrected chi connectivity index (χ0v) is 13.3. The molecule has 4 nitrogen and oxygen atoms in total. The number of nitrogens with one attached hydrogen (secondary N) is 1. The van der Waals surface area contributed by atoms with Gasteiger partial charge in [-0.3, -0.25) is 4.79 Å². The molecule has 0 aliphatic heterocycles. The number of para-hydroxylation sites is 1. The molecule has 0 saturated heterocycles. The first-order valence-electron chi connectivity index (χ1n) is 6.81. The number of thioether (sulfide) groups is 1. The summed E-state index contributed by atoms with van der Waals surface area (Å²) in [6, 6.07) is 9.77. The number of benzene rings is 1. The van der Waals surface area contributed by atoms with Crippen molar-refractivity contribution in [1.82, 2.24) is 4.98 Å². The number of pyridine rings is 1. The number of carbonyl (C=O) groups is 1. The lowest BCUT2D eigenvalue weighted by Gasteiger charge is -2.16. The number of alkyl halides is 3. The highest BCUT2D eigenvalue weighted by Gasteiger charge is 2.33. The quantitative estimate of drug-likeness (QED) is 0.843. The lowest BCUT2D eigenvalue weighted by molar-refractivity contribution is -0.137. The van der Waals surface area contributed by atoms with Gasteiger partial charge in [0.2, 0.25) is 5.91 Å². The SMILES string of the molecule is CC(Sc1cc(C#N)ccn1)C(=O)Nc1ccccc1C(F)(F)F. The molecule has 0 aliphatic carbocycles. The minimum Gasteiger partial charge on any atom is -0.325 e. The Morgan fingerprint density at radius 1 is 1.33 bits per heavy atom. The molecule has 24 heavy (non-hydrogen) atoms. The molecule has 0 fully saturated rings. The van der Waals surface area contributed by atoms with Gasteiger partial charge in [-0.25, -0.2) is 4.98 Å². The van der Waals surface area contributed by atoms with Gasteiger partial charge in [0.15, 0.2) is 0 Å². The van der Waals surface area contributed by atoms with Gasteiger partial charge in [0.1, 0.15) is 0 Å². The maximum absolute atomic E-state index is 12.9. The Morgan fingerprint density at radius 2 is 2.04 bits per heavy atom. The van der Waals surface area contributed by atoms with Crippen molar-refractivity contribution in [3.05, 3.63) is 53.7 Å². The van der Waals surface area contributed by atoms with Gasteiger partial charge in [0, 0.05) is 6.20 Å². The zero-order chi connectivity index (χ0) is 17.7. The first-order chi connectivity index (χ1) is 11.3. The van der Waals surface area contributed by atoms with Crippen molar-refractivity contribution in [2.24, 2.45) is 0 Å². The Kier molecular flexibility index (Phi) is 5.46. The average Bonchev–Trinajstić information content (AvgIpc) is 2.54. The second-order valence-electron chi connectivity index (χ2n) is 4.79. The second-order valence-corrected chi connectivity index (χ2v) is 6.15. The van der Waals surface area contributed by atoms with E-state index in [0.29, 0.717) is 10.6 Å². The molecule has 1 aromatic heterocycles. The van der Waals surface area contributed by atoms with Crippen LogP contribution in [0, 0.1) is 11.3 Å². The summed E-state index contributed by atoms with van der Waals surface area (Å²) in [6.45, 7) is 1.55. The van der Waals surface area contributed by atoms with Gasteiger partial charge in [-0.2, -0.15) is 18.4 Å². The standard InChI is InChI=1S/C16H12F3N3OS/c1-10(24-14-8-11(9-20)6-7-21-14)15(23)22-13-5-3-2-4-12(13)16(17,18)19/h2-8,10H,1H3,(H,22,23). The van der Waals surface area contributed by atoms with E-state index in [2.05, 4.69) is 10.3 Å². The Balaban J connectivity index is 2.11. The smallest absolute Gasteiger partial charge is 0.325 e. The van der Waals surface area contributed by atoms with E-state index in [1.165, 1.54) is 36.5 Å². The second kappa shape index (κ2) is 7.36. The van der Waals surface area contributed by atoms with Crippen LogP contribution in [0.2, 0.25) is 0 Å². The van der Waals surface area contributed by atoms with Crippen LogP contribution >= 0.6 is 11.8 Å². The zero-order valence-electron chi connectivity index (χ0n) is 12.5. The maximum Gasteiger partial charge on any atom is 0.418 e. The summed E-state index contributed by atoms with van der Waals surface area (Å²) in [5.74, 6) is -0.583. The molecule has 1 amide bonds. The van der Waals surface area contributed by atoms with E-state index >= 15 is 0 Å². The van der Waals surface area contributed by atoms with Crippen LogP contribution in [0.25, 0.3) is 0 Å². The average molecular weight is 351 g/mol. The number of rotatable bonds is 4. The molecule has 0 aliphatic rings. The van der Waals surface area contributed by atoms with Crippen molar-refractivity contribution in [2.45, 2.75) is 23.4 Å². The van der Waals surface area contributed by atoms with E-state index in [1.54, 1.807) is 6.92 Å². The van der Waals surface area contributed by atoms with Crippen LogP contribution in [0.1, 0.15) is 18.1 Å². The molecular weight excluding hydrogens is 339 g/mol. The summed E-state index contributed by atoms with van der Waals surface area (Å²) in [7, 11) is 0. The monoisotopic (exact) mass is 351 g/mol. The molecule has 0 radical (unpaired) electrons. The van der Waals surface area contributed by atoms with Crippen LogP contribution in [0.3, 0.4) is 0 Å². The molecule has 0 saturated carbocycles. The van der Waals surface area contributed by atoms with Crippen LogP contribution in [-0.4, -0.2) is 16.1 Å². The molecule has 2 rings (SSSR count). The summed E-state index contributed by atoms with van der Waals surface area (Å²) in [6.07, 6.45) is -3.12. The predicted octanol–water partition coefficient (Wildman–Crippen LogP) is 4.09. The number of carbonyl (C=O) groups excluding carboxylic acids is 1. The van der Waals surface area contributed by atoms with Gasteiger partial charge in [-0.15, -0.1) is 0 Å². The van der Waals surface area contributed by atoms with Crippen LogP contribution in [0.15, 0.2) is 47.6 Å². The molecule has 1 unspecified atom stereocenters. The van der Waals surface area contributed by atoms with E-state index in [-0.39, 0.29) is 5.69 Å². The topological polar surface area (TPSA) is 65.8 Å². The Hall–Kier alpha value is -2.53. The van der Waals surface area contributed by atoms with E-state index in [4.69, 9.17) is 5.26 Å². The fraction of sp³-hybridized carbons (Fsp3) is 0.188. The highest BCUT2D eigenvalue weighted by Crippen LogP contribution is 2.35. The number of nitriles is 1. The van der Waals surface area contributed by atoms with E-state index < -0.39 is 22.9 Å². The number of amides is 1. The molecule has 1 heterocycles. The van der Waals surface area contributed by atoms with E-state index in [9.17, 15) is 18.0 Å². The normalized spacial score (nSPS) is 12.3. The maximum atomic E-state index is 12.9. The number of nitrogens with zero attached hydrogens (tertiary/aromatic N) is 2. The largest absolute Gasteiger partial charge is 0.418 e. The molecule has 1 aromatic carbocycles. The molecule has 1 N–H and O–H groups in total. The van der Waals surface area contributed by atoms with Gasteiger partial charge in [0.05, 0.1) is 33.2 Å². The number of anilines is 1. The van der Waals surface area contributed by atoms with Crippen molar-refractivity contribution in [3.63, 3.8) is 0 Å². The summed E-state index contributed by atoms with van der Waals surface area (Å²) in [5, 5.41) is 10.9. The Labute approximate surface area is 140 Å². The van der Waals surface area contributed by atoms with Crippen molar-refractivity contribution in [1.29, 1.82) is 5.26 Å². The van der Waals surface area contributed by atoms with Gasteiger partial charge in [0.25, 0.3) is 0 Å². The fourth-order valence-corrected chi connectivity index (χ4v) is 2.70. The Bertz CT molecular complexity index is 787. The van der Waals surface area contributed by atoms with Gasteiger partial charge >= 0.3 is 6.18 Å². The number of halogens is 3. The minimum atomic E-state index is -4.55. The minimum absolute atomic E-state index is 0.291. The van der Waals surface area contributed by atoms with Crippen LogP contribution < -0.4 is 5.32 Å². The lowest BCUT2D eigenvalue weighted by atomic mass is 10.1. The number of hydrogen-bond acceptors (Lipinski definition) is 4. The summed E-state index contributed by atoms with van der Waals surface area (Å²) in [5.41, 5.74) is -0.802. The fourth-order valence-electron chi connectivity index (χ4n) is 1.85. The molecule has 0 bridgehead atoms. The molecule has 2 aromatic rings. The molecule has 124 valence electrons. The molecule has 8 heteroatoms. The number of hydrogen-bond donors (Lipinski definition) is 1. The van der Waals surface area contributed by atoms with Gasteiger partial charge < -0.3 is 5.32 Å². The van der Waals surface area contributed by atoms with Crippen molar-refractivity contribution >= 4 is 23.4 Å². The third-order valence-electron chi connectivity index (χ3n) is 3.02. The first-order valence-corrected chi connectivity index (χ1v) is 7.69.